The van der Waals surface area contributed by atoms with Crippen molar-refractivity contribution < 1.29 is 18.3 Å². The fourth-order valence-corrected chi connectivity index (χ4v) is 3.97. The zero-order valence-electron chi connectivity index (χ0n) is 15.6. The minimum atomic E-state index is -2.71. The Labute approximate surface area is 184 Å². The average Bonchev–Trinajstić information content (AvgIpc) is 3.33. The fourth-order valence-electron chi connectivity index (χ4n) is 3.01. The van der Waals surface area contributed by atoms with Gasteiger partial charge in [-0.05, 0) is 47.0 Å². The third kappa shape index (κ3) is 4.81. The molecule has 1 N–H and O–H groups in total. The van der Waals surface area contributed by atoms with E-state index in [9.17, 15) is 13.6 Å². The largest absolute Gasteiger partial charge is 0.471 e. The zero-order valence-corrected chi connectivity index (χ0v) is 17.9. The van der Waals surface area contributed by atoms with Gasteiger partial charge in [0.05, 0.1) is 28.2 Å². The van der Waals surface area contributed by atoms with Crippen LogP contribution in [0.4, 0.5) is 14.5 Å². The van der Waals surface area contributed by atoms with Crippen LogP contribution in [0.25, 0.3) is 0 Å². The Morgan fingerprint density at radius 2 is 2.20 bits per heavy atom. The van der Waals surface area contributed by atoms with Crippen molar-refractivity contribution in [3.63, 3.8) is 0 Å². The van der Waals surface area contributed by atoms with Gasteiger partial charge in [-0.25, -0.2) is 13.5 Å². The molecule has 30 heavy (non-hydrogen) atoms. The van der Waals surface area contributed by atoms with Gasteiger partial charge >= 0.3 is 0 Å². The Hall–Kier alpha value is -2.46. The number of anilines is 1. The summed E-state index contributed by atoms with van der Waals surface area (Å²) in [6, 6.07) is 6.97. The van der Waals surface area contributed by atoms with Gasteiger partial charge in [0.2, 0.25) is 5.91 Å². The second-order valence-corrected chi connectivity index (χ2v) is 8.09. The molecule has 2 heterocycles. The fraction of sp³-hybridized carbons (Fsp3) is 0.316. The molecule has 1 fully saturated rings. The summed E-state index contributed by atoms with van der Waals surface area (Å²) in [5, 5.41) is 11.3. The third-order valence-corrected chi connectivity index (χ3v) is 5.54. The first kappa shape index (κ1) is 20.8. The predicted octanol–water partition coefficient (Wildman–Crippen LogP) is 4.99. The van der Waals surface area contributed by atoms with Gasteiger partial charge in [0.1, 0.15) is 18.0 Å². The van der Waals surface area contributed by atoms with Gasteiger partial charge in [-0.2, -0.15) is 10.2 Å². The van der Waals surface area contributed by atoms with E-state index in [1.165, 1.54) is 15.6 Å². The molecule has 0 aliphatic heterocycles. The lowest BCUT2D eigenvalue weighted by Gasteiger charge is -2.07. The van der Waals surface area contributed by atoms with E-state index in [2.05, 4.69) is 31.4 Å². The topological polar surface area (TPSA) is 74.0 Å². The molecule has 1 aliphatic carbocycles. The summed E-state index contributed by atoms with van der Waals surface area (Å²) in [5.74, 6) is 0.358. The number of alkyl halides is 2. The summed E-state index contributed by atoms with van der Waals surface area (Å²) >= 11 is 9.13. The number of rotatable bonds is 8. The maximum atomic E-state index is 13.2. The molecule has 0 saturated heterocycles. The van der Waals surface area contributed by atoms with Crippen LogP contribution in [0.2, 0.25) is 5.02 Å². The molecule has 11 heteroatoms. The van der Waals surface area contributed by atoms with Gasteiger partial charge in [0.15, 0.2) is 6.73 Å². The molecule has 0 unspecified atom stereocenters. The van der Waals surface area contributed by atoms with Crippen LogP contribution in [0, 0.1) is 0 Å². The molecular formula is C19H17BrClF2N5O2. The van der Waals surface area contributed by atoms with Crippen LogP contribution in [-0.2, 0) is 18.1 Å². The Morgan fingerprint density at radius 1 is 1.40 bits per heavy atom. The van der Waals surface area contributed by atoms with Gasteiger partial charge < -0.3 is 10.1 Å². The van der Waals surface area contributed by atoms with E-state index in [1.54, 1.807) is 30.5 Å². The number of hydrogen-bond donors (Lipinski definition) is 1. The van der Waals surface area contributed by atoms with Crippen molar-refractivity contribution in [3.8, 4) is 5.75 Å². The van der Waals surface area contributed by atoms with Gasteiger partial charge in [-0.3, -0.25) is 9.48 Å². The SMILES string of the molecule is O=C(Cn1nc(C(F)F)c(Br)c1C1CC1)Nc1cnn(COc2cccc(Cl)c2)c1. The summed E-state index contributed by atoms with van der Waals surface area (Å²) < 4.78 is 35.1. The van der Waals surface area contributed by atoms with Gasteiger partial charge in [-0.1, -0.05) is 17.7 Å². The van der Waals surface area contributed by atoms with Crippen molar-refractivity contribution in [2.75, 3.05) is 5.32 Å². The molecule has 0 spiro atoms. The lowest BCUT2D eigenvalue weighted by atomic mass is 10.2. The number of ether oxygens (including phenoxy) is 1. The third-order valence-electron chi connectivity index (χ3n) is 4.50. The normalized spacial score (nSPS) is 13.6. The van der Waals surface area contributed by atoms with E-state index >= 15 is 0 Å². The molecule has 158 valence electrons. The van der Waals surface area contributed by atoms with E-state index in [4.69, 9.17) is 16.3 Å². The number of aromatic nitrogens is 4. The number of carbonyl (C=O) groups is 1. The van der Waals surface area contributed by atoms with Gasteiger partial charge in [0.25, 0.3) is 6.43 Å². The maximum Gasteiger partial charge on any atom is 0.283 e. The molecule has 1 amide bonds. The van der Waals surface area contributed by atoms with Crippen molar-refractivity contribution in [2.24, 2.45) is 0 Å². The standard InChI is InChI=1S/C19H17BrClF2N5O2/c20-16-17(19(22)23)26-28(18(16)11-4-5-11)9-15(29)25-13-7-24-27(8-13)10-30-14-3-1-2-12(21)6-14/h1-3,6-8,11,19H,4-5,9-10H2,(H,25,29). The second kappa shape index (κ2) is 8.73. The number of hydrogen-bond acceptors (Lipinski definition) is 4. The van der Waals surface area contributed by atoms with E-state index in [0.717, 1.165) is 12.8 Å². The van der Waals surface area contributed by atoms with E-state index in [0.29, 0.717) is 26.6 Å². The molecular weight excluding hydrogens is 484 g/mol. The summed E-state index contributed by atoms with van der Waals surface area (Å²) in [4.78, 5) is 12.4. The summed E-state index contributed by atoms with van der Waals surface area (Å²) in [5.41, 5.74) is 0.768. The van der Waals surface area contributed by atoms with Crippen LogP contribution < -0.4 is 10.1 Å². The molecule has 0 bridgehead atoms. The highest BCUT2D eigenvalue weighted by atomic mass is 79.9. The number of halogens is 4. The Kier molecular flexibility index (Phi) is 6.05. The number of nitrogens with zero attached hydrogens (tertiary/aromatic N) is 4. The lowest BCUT2D eigenvalue weighted by molar-refractivity contribution is -0.117. The van der Waals surface area contributed by atoms with Crippen LogP contribution in [0.1, 0.15) is 36.6 Å². The van der Waals surface area contributed by atoms with Crippen LogP contribution in [-0.4, -0.2) is 25.5 Å². The van der Waals surface area contributed by atoms with E-state index in [1.807, 2.05) is 0 Å². The Morgan fingerprint density at radius 3 is 2.90 bits per heavy atom. The van der Waals surface area contributed by atoms with Crippen molar-refractivity contribution in [1.82, 2.24) is 19.6 Å². The van der Waals surface area contributed by atoms with Crippen LogP contribution in [0.3, 0.4) is 0 Å². The van der Waals surface area contributed by atoms with Crippen LogP contribution >= 0.6 is 27.5 Å². The minimum absolute atomic E-state index is 0.131. The van der Waals surface area contributed by atoms with Crippen molar-refractivity contribution in [2.45, 2.75) is 38.5 Å². The van der Waals surface area contributed by atoms with E-state index in [-0.39, 0.29) is 30.8 Å². The number of carbonyl (C=O) groups excluding carboxylic acids is 1. The molecule has 0 atom stereocenters. The molecule has 1 saturated carbocycles. The molecule has 1 aliphatic rings. The summed E-state index contributed by atoms with van der Waals surface area (Å²) in [6.45, 7) is -0.0345. The maximum absolute atomic E-state index is 13.2. The van der Waals surface area contributed by atoms with Crippen LogP contribution in [0.5, 0.6) is 5.75 Å². The molecule has 3 aromatic rings. The molecule has 7 nitrogen and oxygen atoms in total. The van der Waals surface area contributed by atoms with Gasteiger partial charge in [-0.15, -0.1) is 0 Å². The number of amides is 1. The number of benzene rings is 1. The average molecular weight is 501 g/mol. The first-order valence-electron chi connectivity index (χ1n) is 9.15. The number of nitrogens with one attached hydrogen (secondary N) is 1. The summed E-state index contributed by atoms with van der Waals surface area (Å²) in [7, 11) is 0. The Balaban J connectivity index is 1.38. The first-order valence-corrected chi connectivity index (χ1v) is 10.3. The molecule has 4 rings (SSSR count). The predicted molar refractivity (Wildman–Crippen MR) is 110 cm³/mol. The van der Waals surface area contributed by atoms with Crippen molar-refractivity contribution in [3.05, 3.63) is 57.5 Å². The quantitative estimate of drug-likeness (QED) is 0.473. The van der Waals surface area contributed by atoms with Crippen LogP contribution in [0.15, 0.2) is 41.1 Å². The first-order chi connectivity index (χ1) is 14.4. The van der Waals surface area contributed by atoms with Gasteiger partial charge in [0, 0.05) is 10.9 Å². The lowest BCUT2D eigenvalue weighted by Crippen LogP contribution is -2.20. The minimum Gasteiger partial charge on any atom is -0.471 e. The summed E-state index contributed by atoms with van der Waals surface area (Å²) in [6.07, 6.45) is 2.17. The molecule has 1 aromatic carbocycles. The van der Waals surface area contributed by atoms with Crippen molar-refractivity contribution in [1.29, 1.82) is 0 Å². The zero-order chi connectivity index (χ0) is 21.3. The van der Waals surface area contributed by atoms with E-state index < -0.39 is 6.43 Å². The highest BCUT2D eigenvalue weighted by Gasteiger charge is 2.34. The highest BCUT2D eigenvalue weighted by molar-refractivity contribution is 9.10. The second-order valence-electron chi connectivity index (χ2n) is 6.86. The highest BCUT2D eigenvalue weighted by Crippen LogP contribution is 2.45. The van der Waals surface area contributed by atoms with Crippen molar-refractivity contribution >= 4 is 39.1 Å². The smallest absolute Gasteiger partial charge is 0.283 e. The molecule has 0 radical (unpaired) electrons. The monoisotopic (exact) mass is 499 g/mol. The Bertz CT molecular complexity index is 1070. The molecule has 2 aromatic heterocycles.